The zero-order chi connectivity index (χ0) is 16.1. The predicted molar refractivity (Wildman–Crippen MR) is 91.2 cm³/mol. The molecule has 0 unspecified atom stereocenters. The van der Waals surface area contributed by atoms with E-state index in [9.17, 15) is 9.50 Å². The quantitative estimate of drug-likeness (QED) is 0.858. The molecule has 1 aliphatic rings. The number of halogens is 1. The van der Waals surface area contributed by atoms with Crippen LogP contribution in [0.2, 0.25) is 0 Å². The van der Waals surface area contributed by atoms with Crippen LogP contribution < -0.4 is 5.32 Å². The van der Waals surface area contributed by atoms with Crippen molar-refractivity contribution in [3.63, 3.8) is 0 Å². The van der Waals surface area contributed by atoms with Gasteiger partial charge in [-0.25, -0.2) is 4.39 Å². The fourth-order valence-electron chi connectivity index (χ4n) is 3.45. The molecule has 0 heterocycles. The summed E-state index contributed by atoms with van der Waals surface area (Å²) in [6.45, 7) is 0.945. The van der Waals surface area contributed by atoms with Crippen molar-refractivity contribution in [1.82, 2.24) is 5.32 Å². The first-order valence-corrected chi connectivity index (χ1v) is 8.47. The van der Waals surface area contributed by atoms with Crippen LogP contribution in [-0.4, -0.2) is 17.7 Å². The molecule has 0 amide bonds. The molecule has 2 aromatic carbocycles. The van der Waals surface area contributed by atoms with Crippen LogP contribution in [0.5, 0.6) is 5.75 Å². The molecule has 23 heavy (non-hydrogen) atoms. The van der Waals surface area contributed by atoms with E-state index >= 15 is 0 Å². The molecule has 0 saturated heterocycles. The topological polar surface area (TPSA) is 32.3 Å². The molecule has 122 valence electrons. The molecule has 0 bridgehead atoms. The number of phenols is 1. The molecule has 1 saturated carbocycles. The number of nitrogens with one attached hydrogen (secondary N) is 1. The molecule has 2 aromatic rings. The molecule has 1 fully saturated rings. The maximum Gasteiger partial charge on any atom is 0.123 e. The molecule has 2 nitrogen and oxygen atoms in total. The van der Waals surface area contributed by atoms with Crippen LogP contribution >= 0.6 is 0 Å². The van der Waals surface area contributed by atoms with Gasteiger partial charge in [0, 0.05) is 6.04 Å². The average molecular weight is 313 g/mol. The molecular formula is C20H24FNO. The lowest BCUT2D eigenvalue weighted by atomic mass is 9.81. The van der Waals surface area contributed by atoms with Crippen molar-refractivity contribution < 1.29 is 9.50 Å². The van der Waals surface area contributed by atoms with Gasteiger partial charge in [0.25, 0.3) is 0 Å². The number of hydrogen-bond acceptors (Lipinski definition) is 2. The normalized spacial score (nSPS) is 21.3. The molecule has 0 radical (unpaired) electrons. The molecule has 0 aliphatic heterocycles. The Kier molecular flexibility index (Phi) is 5.29. The van der Waals surface area contributed by atoms with E-state index in [1.165, 1.54) is 48.9 Å². The summed E-state index contributed by atoms with van der Waals surface area (Å²) in [5.74, 6) is 0.782. The van der Waals surface area contributed by atoms with E-state index in [1.807, 2.05) is 24.3 Å². The Morgan fingerprint density at radius 2 is 1.57 bits per heavy atom. The van der Waals surface area contributed by atoms with Gasteiger partial charge in [0.1, 0.15) is 11.6 Å². The summed E-state index contributed by atoms with van der Waals surface area (Å²) in [5.41, 5.74) is 2.52. The Morgan fingerprint density at radius 3 is 2.22 bits per heavy atom. The maximum atomic E-state index is 12.9. The molecule has 3 heteroatoms. The van der Waals surface area contributed by atoms with Crippen LogP contribution in [0.1, 0.15) is 42.7 Å². The van der Waals surface area contributed by atoms with Crippen LogP contribution in [0.15, 0.2) is 48.5 Å². The van der Waals surface area contributed by atoms with E-state index in [1.54, 1.807) is 12.1 Å². The van der Waals surface area contributed by atoms with Crippen molar-refractivity contribution in [2.75, 3.05) is 6.54 Å². The Hall–Kier alpha value is -1.87. The highest BCUT2D eigenvalue weighted by atomic mass is 19.1. The summed E-state index contributed by atoms with van der Waals surface area (Å²) in [6, 6.07) is 15.0. The standard InChI is InChI=1S/C20H24FNO/c21-18-7-1-15(2-8-18)13-14-22-19-9-3-16(4-10-19)17-5-11-20(23)12-6-17/h1-2,5-8,11-12,16,19,22-23H,3-4,9-10,13-14H2/t16-,19-. The fraction of sp³-hybridized carbons (Fsp3) is 0.400. The number of phenolic OH excluding ortho intramolecular Hbond substituents is 1. The lowest BCUT2D eigenvalue weighted by molar-refractivity contribution is 0.344. The van der Waals surface area contributed by atoms with Gasteiger partial charge in [-0.15, -0.1) is 0 Å². The van der Waals surface area contributed by atoms with Gasteiger partial charge in [0.05, 0.1) is 0 Å². The van der Waals surface area contributed by atoms with Crippen LogP contribution in [0.4, 0.5) is 4.39 Å². The Balaban J connectivity index is 1.40. The van der Waals surface area contributed by atoms with Crippen molar-refractivity contribution in [3.05, 3.63) is 65.5 Å². The van der Waals surface area contributed by atoms with Crippen LogP contribution in [-0.2, 0) is 6.42 Å². The number of rotatable bonds is 5. The lowest BCUT2D eigenvalue weighted by Crippen LogP contribution is -2.34. The van der Waals surface area contributed by atoms with Crippen molar-refractivity contribution in [1.29, 1.82) is 0 Å². The van der Waals surface area contributed by atoms with E-state index < -0.39 is 0 Å². The van der Waals surface area contributed by atoms with E-state index in [0.717, 1.165) is 13.0 Å². The second-order valence-corrected chi connectivity index (χ2v) is 6.47. The van der Waals surface area contributed by atoms with Gasteiger partial charge in [0.2, 0.25) is 0 Å². The Morgan fingerprint density at radius 1 is 0.913 bits per heavy atom. The summed E-state index contributed by atoms with van der Waals surface area (Å²) in [5, 5.41) is 13.0. The predicted octanol–water partition coefficient (Wildman–Crippen LogP) is 4.39. The fourth-order valence-corrected chi connectivity index (χ4v) is 3.45. The highest BCUT2D eigenvalue weighted by molar-refractivity contribution is 5.28. The Bertz CT molecular complexity index is 598. The van der Waals surface area contributed by atoms with Crippen LogP contribution in [0.3, 0.4) is 0 Å². The third-order valence-electron chi connectivity index (χ3n) is 4.85. The monoisotopic (exact) mass is 313 g/mol. The average Bonchev–Trinajstić information content (AvgIpc) is 2.58. The summed E-state index contributed by atoms with van der Waals surface area (Å²) in [4.78, 5) is 0. The molecule has 1 aliphatic carbocycles. The largest absolute Gasteiger partial charge is 0.508 e. The van der Waals surface area contributed by atoms with E-state index in [0.29, 0.717) is 17.7 Å². The summed E-state index contributed by atoms with van der Waals surface area (Å²) < 4.78 is 12.9. The lowest BCUT2D eigenvalue weighted by Gasteiger charge is -2.29. The number of aromatic hydroxyl groups is 1. The van der Waals surface area contributed by atoms with E-state index in [2.05, 4.69) is 5.32 Å². The Labute approximate surface area is 137 Å². The smallest absolute Gasteiger partial charge is 0.123 e. The molecule has 2 N–H and O–H groups in total. The third kappa shape index (κ3) is 4.55. The van der Waals surface area contributed by atoms with Gasteiger partial charge in [-0.05, 0) is 80.0 Å². The minimum Gasteiger partial charge on any atom is -0.508 e. The van der Waals surface area contributed by atoms with Crippen LogP contribution in [0.25, 0.3) is 0 Å². The van der Waals surface area contributed by atoms with Crippen molar-refractivity contribution >= 4 is 0 Å². The van der Waals surface area contributed by atoms with Gasteiger partial charge in [-0.2, -0.15) is 0 Å². The van der Waals surface area contributed by atoms with Gasteiger partial charge < -0.3 is 10.4 Å². The van der Waals surface area contributed by atoms with Gasteiger partial charge in [0.15, 0.2) is 0 Å². The summed E-state index contributed by atoms with van der Waals surface area (Å²) in [7, 11) is 0. The first-order chi connectivity index (χ1) is 11.2. The van der Waals surface area contributed by atoms with Crippen molar-refractivity contribution in [2.45, 2.75) is 44.1 Å². The zero-order valence-corrected chi connectivity index (χ0v) is 13.3. The third-order valence-corrected chi connectivity index (χ3v) is 4.85. The molecule has 3 rings (SSSR count). The summed E-state index contributed by atoms with van der Waals surface area (Å²) in [6.07, 6.45) is 5.71. The second kappa shape index (κ2) is 7.60. The highest BCUT2D eigenvalue weighted by Gasteiger charge is 2.21. The molecule has 0 spiro atoms. The molecular weight excluding hydrogens is 289 g/mol. The minimum absolute atomic E-state index is 0.172. The van der Waals surface area contributed by atoms with E-state index in [-0.39, 0.29) is 5.82 Å². The van der Waals surface area contributed by atoms with Crippen molar-refractivity contribution in [3.8, 4) is 5.75 Å². The summed E-state index contributed by atoms with van der Waals surface area (Å²) >= 11 is 0. The van der Waals surface area contributed by atoms with Gasteiger partial charge in [-0.1, -0.05) is 24.3 Å². The SMILES string of the molecule is Oc1ccc([C@H]2CC[C@H](NCCc3ccc(F)cc3)CC2)cc1. The van der Waals surface area contributed by atoms with E-state index in [4.69, 9.17) is 0 Å². The first-order valence-electron chi connectivity index (χ1n) is 8.47. The van der Waals surface area contributed by atoms with Gasteiger partial charge in [-0.3, -0.25) is 0 Å². The first kappa shape index (κ1) is 16.0. The molecule has 0 aromatic heterocycles. The second-order valence-electron chi connectivity index (χ2n) is 6.47. The molecule has 0 atom stereocenters. The minimum atomic E-state index is -0.172. The maximum absolute atomic E-state index is 12.9. The zero-order valence-electron chi connectivity index (χ0n) is 13.3. The van der Waals surface area contributed by atoms with Gasteiger partial charge >= 0.3 is 0 Å². The number of hydrogen-bond donors (Lipinski definition) is 2. The number of benzene rings is 2. The highest BCUT2D eigenvalue weighted by Crippen LogP contribution is 2.33. The van der Waals surface area contributed by atoms with Crippen LogP contribution in [0, 0.1) is 5.82 Å². The van der Waals surface area contributed by atoms with Crippen molar-refractivity contribution in [2.24, 2.45) is 0 Å².